The van der Waals surface area contributed by atoms with Crippen molar-refractivity contribution in [2.45, 2.75) is 33.3 Å². The van der Waals surface area contributed by atoms with Gasteiger partial charge in [0.1, 0.15) is 6.10 Å². The number of ketones is 1. The predicted octanol–water partition coefficient (Wildman–Crippen LogP) is 2.19. The fourth-order valence-corrected chi connectivity index (χ4v) is 1.10. The number of hydrogen-bond acceptors (Lipinski definition) is 2. The molecule has 0 saturated heterocycles. The van der Waals surface area contributed by atoms with E-state index in [1.807, 2.05) is 20.8 Å². The Bertz CT molecular complexity index is 150. The lowest BCUT2D eigenvalue weighted by Gasteiger charge is -2.18. The van der Waals surface area contributed by atoms with Gasteiger partial charge in [-0.2, -0.15) is 0 Å². The summed E-state index contributed by atoms with van der Waals surface area (Å²) in [5.74, 6) is 0.374. The van der Waals surface area contributed by atoms with E-state index in [9.17, 15) is 4.79 Å². The van der Waals surface area contributed by atoms with Crippen molar-refractivity contribution in [1.82, 2.24) is 0 Å². The summed E-state index contributed by atoms with van der Waals surface area (Å²) in [6, 6.07) is 0. The summed E-state index contributed by atoms with van der Waals surface area (Å²) in [5.41, 5.74) is 0. The topological polar surface area (TPSA) is 26.3 Å². The molecule has 70 valence electrons. The standard InChI is InChI=1S/C10H18O2/c1-5-7-9(11)10(8(3)4)12-6-2/h5,8,10H,1,6-7H2,2-4H3. The number of carbonyl (C=O) groups excluding carboxylic acids is 1. The van der Waals surface area contributed by atoms with Crippen LogP contribution in [0.5, 0.6) is 0 Å². The Morgan fingerprint density at radius 2 is 2.17 bits per heavy atom. The lowest BCUT2D eigenvalue weighted by Crippen LogP contribution is -2.29. The molecule has 1 atom stereocenters. The Hall–Kier alpha value is -0.630. The maximum absolute atomic E-state index is 11.4. The Morgan fingerprint density at radius 3 is 2.50 bits per heavy atom. The Morgan fingerprint density at radius 1 is 1.58 bits per heavy atom. The number of hydrogen-bond donors (Lipinski definition) is 0. The van der Waals surface area contributed by atoms with E-state index in [2.05, 4.69) is 6.58 Å². The van der Waals surface area contributed by atoms with E-state index in [0.29, 0.717) is 13.0 Å². The normalized spacial score (nSPS) is 13.0. The van der Waals surface area contributed by atoms with Gasteiger partial charge in [0.25, 0.3) is 0 Å². The van der Waals surface area contributed by atoms with Gasteiger partial charge in [0, 0.05) is 13.0 Å². The molecule has 0 N–H and O–H groups in total. The van der Waals surface area contributed by atoms with Crippen molar-refractivity contribution in [3.8, 4) is 0 Å². The summed E-state index contributed by atoms with van der Waals surface area (Å²) < 4.78 is 5.32. The van der Waals surface area contributed by atoms with Crippen LogP contribution in [-0.4, -0.2) is 18.5 Å². The third-order valence-electron chi connectivity index (χ3n) is 1.61. The first kappa shape index (κ1) is 11.4. The van der Waals surface area contributed by atoms with Crippen molar-refractivity contribution in [3.63, 3.8) is 0 Å². The first-order chi connectivity index (χ1) is 5.63. The fraction of sp³-hybridized carbons (Fsp3) is 0.700. The minimum absolute atomic E-state index is 0.127. The van der Waals surface area contributed by atoms with Crippen LogP contribution in [-0.2, 0) is 9.53 Å². The zero-order valence-electron chi connectivity index (χ0n) is 8.17. The summed E-state index contributed by atoms with van der Waals surface area (Å²) >= 11 is 0. The molecule has 0 bridgehead atoms. The van der Waals surface area contributed by atoms with E-state index in [-0.39, 0.29) is 17.8 Å². The molecule has 2 heteroatoms. The average Bonchev–Trinajstić information content (AvgIpc) is 1.99. The SMILES string of the molecule is C=CCC(=O)C(OCC)C(C)C. The zero-order valence-corrected chi connectivity index (χ0v) is 8.17. The minimum Gasteiger partial charge on any atom is -0.370 e. The first-order valence-electron chi connectivity index (χ1n) is 4.38. The second kappa shape index (κ2) is 5.95. The Kier molecular flexibility index (Phi) is 5.64. The van der Waals surface area contributed by atoms with Crippen molar-refractivity contribution in [2.75, 3.05) is 6.61 Å². The van der Waals surface area contributed by atoms with Crippen molar-refractivity contribution < 1.29 is 9.53 Å². The molecule has 0 saturated carbocycles. The number of allylic oxidation sites excluding steroid dienone is 1. The molecule has 0 aromatic heterocycles. The number of Topliss-reactive ketones (excluding diaryl/α,β-unsaturated/α-hetero) is 1. The quantitative estimate of drug-likeness (QED) is 0.571. The van der Waals surface area contributed by atoms with Gasteiger partial charge in [0.15, 0.2) is 5.78 Å². The van der Waals surface area contributed by atoms with Gasteiger partial charge in [-0.15, -0.1) is 6.58 Å². The molecule has 0 fully saturated rings. The molecule has 0 aromatic carbocycles. The first-order valence-corrected chi connectivity index (χ1v) is 4.38. The van der Waals surface area contributed by atoms with Gasteiger partial charge in [0.05, 0.1) is 0 Å². The van der Waals surface area contributed by atoms with Gasteiger partial charge in [-0.05, 0) is 12.8 Å². The Balaban J connectivity index is 4.08. The maximum atomic E-state index is 11.4. The lowest BCUT2D eigenvalue weighted by atomic mass is 10.0. The summed E-state index contributed by atoms with van der Waals surface area (Å²) in [4.78, 5) is 11.4. The number of rotatable bonds is 6. The van der Waals surface area contributed by atoms with Crippen LogP contribution in [0.1, 0.15) is 27.2 Å². The largest absolute Gasteiger partial charge is 0.370 e. The van der Waals surface area contributed by atoms with Gasteiger partial charge < -0.3 is 4.74 Å². The minimum atomic E-state index is -0.256. The van der Waals surface area contributed by atoms with Crippen LogP contribution in [0.4, 0.5) is 0 Å². The molecular weight excluding hydrogens is 152 g/mol. The molecule has 0 aliphatic heterocycles. The van der Waals surface area contributed by atoms with E-state index < -0.39 is 0 Å². The molecule has 1 unspecified atom stereocenters. The molecule has 0 radical (unpaired) electrons. The van der Waals surface area contributed by atoms with Crippen LogP contribution < -0.4 is 0 Å². The molecule has 2 nitrogen and oxygen atoms in total. The Labute approximate surface area is 74.6 Å². The highest BCUT2D eigenvalue weighted by Gasteiger charge is 2.20. The van der Waals surface area contributed by atoms with Gasteiger partial charge in [0.2, 0.25) is 0 Å². The molecule has 0 aromatic rings. The zero-order chi connectivity index (χ0) is 9.56. The average molecular weight is 170 g/mol. The second-order valence-corrected chi connectivity index (χ2v) is 3.08. The molecule has 0 rings (SSSR count). The third kappa shape index (κ3) is 3.67. The van der Waals surface area contributed by atoms with E-state index >= 15 is 0 Å². The van der Waals surface area contributed by atoms with Gasteiger partial charge in [-0.1, -0.05) is 19.9 Å². The second-order valence-electron chi connectivity index (χ2n) is 3.08. The van der Waals surface area contributed by atoms with Crippen LogP contribution in [0.2, 0.25) is 0 Å². The molecule has 0 heterocycles. The van der Waals surface area contributed by atoms with Crippen molar-refractivity contribution >= 4 is 5.78 Å². The molecule has 0 aliphatic carbocycles. The highest BCUT2D eigenvalue weighted by Crippen LogP contribution is 2.09. The molecule has 0 aliphatic rings. The smallest absolute Gasteiger partial charge is 0.165 e. The third-order valence-corrected chi connectivity index (χ3v) is 1.61. The monoisotopic (exact) mass is 170 g/mol. The predicted molar refractivity (Wildman–Crippen MR) is 50.1 cm³/mol. The molecule has 0 amide bonds. The highest BCUT2D eigenvalue weighted by atomic mass is 16.5. The number of ether oxygens (including phenoxy) is 1. The van der Waals surface area contributed by atoms with Gasteiger partial charge >= 0.3 is 0 Å². The summed E-state index contributed by atoms with van der Waals surface area (Å²) in [6.07, 6.45) is 1.77. The fourth-order valence-electron chi connectivity index (χ4n) is 1.10. The van der Waals surface area contributed by atoms with Crippen LogP contribution in [0.15, 0.2) is 12.7 Å². The van der Waals surface area contributed by atoms with Crippen molar-refractivity contribution in [2.24, 2.45) is 5.92 Å². The molecular formula is C10H18O2. The van der Waals surface area contributed by atoms with E-state index in [1.165, 1.54) is 0 Å². The molecule has 12 heavy (non-hydrogen) atoms. The number of carbonyl (C=O) groups is 1. The molecule has 0 spiro atoms. The van der Waals surface area contributed by atoms with Crippen LogP contribution in [0.25, 0.3) is 0 Å². The van der Waals surface area contributed by atoms with E-state index in [1.54, 1.807) is 6.08 Å². The van der Waals surface area contributed by atoms with Gasteiger partial charge in [-0.3, -0.25) is 4.79 Å². The van der Waals surface area contributed by atoms with Crippen molar-refractivity contribution in [3.05, 3.63) is 12.7 Å². The summed E-state index contributed by atoms with van der Waals surface area (Å²) in [6.45, 7) is 9.99. The maximum Gasteiger partial charge on any atom is 0.165 e. The van der Waals surface area contributed by atoms with Crippen LogP contribution >= 0.6 is 0 Å². The van der Waals surface area contributed by atoms with E-state index in [0.717, 1.165) is 0 Å². The van der Waals surface area contributed by atoms with E-state index in [4.69, 9.17) is 4.74 Å². The highest BCUT2D eigenvalue weighted by molar-refractivity contribution is 5.84. The van der Waals surface area contributed by atoms with Crippen LogP contribution in [0, 0.1) is 5.92 Å². The van der Waals surface area contributed by atoms with Crippen molar-refractivity contribution in [1.29, 1.82) is 0 Å². The summed E-state index contributed by atoms with van der Waals surface area (Å²) in [5, 5.41) is 0. The lowest BCUT2D eigenvalue weighted by molar-refractivity contribution is -0.132. The summed E-state index contributed by atoms with van der Waals surface area (Å²) in [7, 11) is 0. The van der Waals surface area contributed by atoms with Gasteiger partial charge in [-0.25, -0.2) is 0 Å². The van der Waals surface area contributed by atoms with Crippen LogP contribution in [0.3, 0.4) is 0 Å².